The van der Waals surface area contributed by atoms with Gasteiger partial charge >= 0.3 is 6.03 Å². The van der Waals surface area contributed by atoms with Crippen LogP contribution in [0.1, 0.15) is 24.8 Å². The number of rotatable bonds is 4. The third-order valence-electron chi connectivity index (χ3n) is 8.43. The fourth-order valence-electron chi connectivity index (χ4n) is 6.14. The summed E-state index contributed by atoms with van der Waals surface area (Å²) in [5.41, 5.74) is 11.6. The van der Waals surface area contributed by atoms with E-state index in [1.165, 1.54) is 37.3 Å². The minimum Gasteiger partial charge on any atom is -0.399 e. The lowest BCUT2D eigenvalue weighted by Crippen LogP contribution is -2.70. The van der Waals surface area contributed by atoms with Gasteiger partial charge < -0.3 is 15.5 Å². The Hall–Kier alpha value is -3.26. The zero-order valence-corrected chi connectivity index (χ0v) is 20.4. The Bertz CT molecular complexity index is 1130. The smallest absolute Gasteiger partial charge is 0.328 e. The van der Waals surface area contributed by atoms with Gasteiger partial charge in [-0.2, -0.15) is 0 Å². The lowest BCUT2D eigenvalue weighted by atomic mass is 9.71. The van der Waals surface area contributed by atoms with Gasteiger partial charge in [0.1, 0.15) is 0 Å². The van der Waals surface area contributed by atoms with Gasteiger partial charge in [0.25, 0.3) is 0 Å². The number of anilines is 4. The highest BCUT2D eigenvalue weighted by Crippen LogP contribution is 2.44. The van der Waals surface area contributed by atoms with Crippen LogP contribution in [-0.4, -0.2) is 68.7 Å². The molecular formula is C27H34N6O2. The molecule has 4 saturated heterocycles. The molecule has 6 rings (SSSR count). The van der Waals surface area contributed by atoms with Gasteiger partial charge in [0, 0.05) is 81.0 Å². The lowest BCUT2D eigenvalue weighted by molar-refractivity contribution is -0.120. The van der Waals surface area contributed by atoms with Crippen molar-refractivity contribution in [1.82, 2.24) is 10.2 Å². The second-order valence-corrected chi connectivity index (χ2v) is 10.8. The number of benzene rings is 2. The van der Waals surface area contributed by atoms with Crippen molar-refractivity contribution in [3.05, 3.63) is 48.0 Å². The Morgan fingerprint density at radius 2 is 1.60 bits per heavy atom. The lowest BCUT2D eigenvalue weighted by Gasteiger charge is -2.60. The van der Waals surface area contributed by atoms with Crippen molar-refractivity contribution < 1.29 is 9.59 Å². The average Bonchev–Trinajstić information content (AvgIpc) is 2.79. The van der Waals surface area contributed by atoms with Gasteiger partial charge in [-0.15, -0.1) is 0 Å². The molecule has 0 aromatic heterocycles. The summed E-state index contributed by atoms with van der Waals surface area (Å²) in [6.07, 6.45) is 2.87. The molecule has 0 unspecified atom stereocenters. The van der Waals surface area contributed by atoms with Crippen molar-refractivity contribution in [3.63, 3.8) is 0 Å². The number of urea groups is 1. The largest absolute Gasteiger partial charge is 0.399 e. The van der Waals surface area contributed by atoms with Gasteiger partial charge in [-0.25, -0.2) is 4.79 Å². The Morgan fingerprint density at radius 1 is 0.914 bits per heavy atom. The number of piperidine rings is 1. The maximum Gasteiger partial charge on any atom is 0.328 e. The maximum absolute atomic E-state index is 12.2. The highest BCUT2D eigenvalue weighted by atomic mass is 16.2. The minimum atomic E-state index is -0.327. The molecule has 4 aliphatic rings. The Kier molecular flexibility index (Phi) is 5.36. The highest BCUT2D eigenvalue weighted by Gasteiger charge is 2.49. The molecule has 2 aromatic rings. The van der Waals surface area contributed by atoms with E-state index in [-0.39, 0.29) is 11.9 Å². The molecule has 2 aromatic carbocycles. The van der Waals surface area contributed by atoms with Crippen LogP contribution in [0.4, 0.5) is 27.5 Å². The molecule has 0 atom stereocenters. The summed E-state index contributed by atoms with van der Waals surface area (Å²) >= 11 is 0. The zero-order valence-electron chi connectivity index (χ0n) is 20.4. The van der Waals surface area contributed by atoms with Gasteiger partial charge in [0.2, 0.25) is 5.91 Å². The number of aryl methyl sites for hydroxylation is 1. The van der Waals surface area contributed by atoms with Crippen LogP contribution in [0.2, 0.25) is 0 Å². The van der Waals surface area contributed by atoms with E-state index in [1.807, 2.05) is 25.1 Å². The molecule has 35 heavy (non-hydrogen) atoms. The molecule has 8 heteroatoms. The summed E-state index contributed by atoms with van der Waals surface area (Å²) < 4.78 is 0. The summed E-state index contributed by atoms with van der Waals surface area (Å²) in [5.74, 6) is -0.202. The van der Waals surface area contributed by atoms with Crippen molar-refractivity contribution in [1.29, 1.82) is 0 Å². The average molecular weight is 475 g/mol. The SMILES string of the molecule is Cc1cc(N2CC(N3CC4(CCN(c5ccc(N)cc5)CC4)C3)C2)ccc1N1CCC(=O)NC1=O. The molecule has 0 saturated carbocycles. The fourth-order valence-corrected chi connectivity index (χ4v) is 6.14. The quantitative estimate of drug-likeness (QED) is 0.663. The molecule has 4 aliphatic heterocycles. The number of imide groups is 1. The number of nitrogens with two attached hydrogens (primary N) is 1. The van der Waals surface area contributed by atoms with Crippen LogP contribution in [0, 0.1) is 12.3 Å². The Morgan fingerprint density at radius 3 is 2.26 bits per heavy atom. The third kappa shape index (κ3) is 4.10. The van der Waals surface area contributed by atoms with Crippen molar-refractivity contribution in [3.8, 4) is 0 Å². The number of hydrogen-bond donors (Lipinski definition) is 2. The van der Waals surface area contributed by atoms with Crippen molar-refractivity contribution in [2.24, 2.45) is 5.41 Å². The first-order valence-electron chi connectivity index (χ1n) is 12.7. The van der Waals surface area contributed by atoms with E-state index in [0.717, 1.165) is 43.1 Å². The second-order valence-electron chi connectivity index (χ2n) is 10.8. The molecule has 3 N–H and O–H groups in total. The van der Waals surface area contributed by atoms with E-state index in [9.17, 15) is 9.59 Å². The van der Waals surface area contributed by atoms with Gasteiger partial charge in [0.15, 0.2) is 0 Å². The van der Waals surface area contributed by atoms with Gasteiger partial charge in [0.05, 0.1) is 0 Å². The first-order valence-corrected chi connectivity index (χ1v) is 12.7. The van der Waals surface area contributed by atoms with E-state index in [2.05, 4.69) is 44.3 Å². The third-order valence-corrected chi connectivity index (χ3v) is 8.43. The molecule has 184 valence electrons. The summed E-state index contributed by atoms with van der Waals surface area (Å²) in [4.78, 5) is 32.9. The summed E-state index contributed by atoms with van der Waals surface area (Å²) in [6.45, 7) is 9.30. The molecule has 1 spiro atoms. The van der Waals surface area contributed by atoms with Crippen molar-refractivity contribution >= 4 is 34.7 Å². The summed E-state index contributed by atoms with van der Waals surface area (Å²) in [6, 6.07) is 14.9. The first-order chi connectivity index (χ1) is 16.9. The van der Waals surface area contributed by atoms with E-state index in [1.54, 1.807) is 4.90 Å². The number of likely N-dealkylation sites (tertiary alicyclic amines) is 1. The van der Waals surface area contributed by atoms with Crippen LogP contribution in [0.15, 0.2) is 42.5 Å². The number of nitrogens with zero attached hydrogens (tertiary/aromatic N) is 4. The number of carbonyl (C=O) groups excluding carboxylic acids is 2. The van der Waals surface area contributed by atoms with Gasteiger partial charge in [-0.05, 0) is 73.2 Å². The topological polar surface area (TPSA) is 85.2 Å². The minimum absolute atomic E-state index is 0.202. The van der Waals surface area contributed by atoms with Crippen LogP contribution < -0.4 is 25.8 Å². The second kappa shape index (κ2) is 8.45. The zero-order chi connectivity index (χ0) is 24.2. The number of amides is 3. The van der Waals surface area contributed by atoms with E-state index >= 15 is 0 Å². The number of nitrogen functional groups attached to an aromatic ring is 1. The van der Waals surface area contributed by atoms with Crippen molar-refractivity contribution in [2.75, 3.05) is 66.2 Å². The van der Waals surface area contributed by atoms with Gasteiger partial charge in [-0.3, -0.25) is 19.9 Å². The monoisotopic (exact) mass is 474 g/mol. The molecule has 0 aliphatic carbocycles. The normalized spacial score (nSPS) is 22.7. The number of nitrogens with one attached hydrogen (secondary N) is 1. The molecular weight excluding hydrogens is 440 g/mol. The first kappa shape index (κ1) is 22.2. The molecule has 4 fully saturated rings. The Balaban J connectivity index is 0.993. The predicted molar refractivity (Wildman–Crippen MR) is 139 cm³/mol. The maximum atomic E-state index is 12.2. The fraction of sp³-hybridized carbons (Fsp3) is 0.481. The van der Waals surface area contributed by atoms with Crippen LogP contribution in [0.3, 0.4) is 0 Å². The standard InChI is InChI=1S/C27H34N6O2/c1-19-14-22(6-7-24(19)33-11-8-25(34)29-26(33)35)31-15-23(16-31)32-17-27(18-32)9-12-30(13-10-27)21-4-2-20(28)3-5-21/h2-7,14,23H,8-13,15-18,28H2,1H3,(H,29,34,35). The summed E-state index contributed by atoms with van der Waals surface area (Å²) in [7, 11) is 0. The molecule has 8 nitrogen and oxygen atoms in total. The van der Waals surface area contributed by atoms with Crippen molar-refractivity contribution in [2.45, 2.75) is 32.2 Å². The molecule has 4 heterocycles. The Labute approximate surface area is 206 Å². The predicted octanol–water partition coefficient (Wildman–Crippen LogP) is 2.81. The summed E-state index contributed by atoms with van der Waals surface area (Å²) in [5, 5.41) is 2.41. The van der Waals surface area contributed by atoms with E-state index < -0.39 is 0 Å². The molecule has 0 bridgehead atoms. The van der Waals surface area contributed by atoms with E-state index in [0.29, 0.717) is 24.4 Å². The molecule has 3 amide bonds. The highest BCUT2D eigenvalue weighted by molar-refractivity contribution is 6.06. The van der Waals surface area contributed by atoms with Crippen LogP contribution in [0.5, 0.6) is 0 Å². The number of carbonyl (C=O) groups is 2. The van der Waals surface area contributed by atoms with Crippen LogP contribution in [0.25, 0.3) is 0 Å². The van der Waals surface area contributed by atoms with Gasteiger partial charge in [-0.1, -0.05) is 0 Å². The van der Waals surface area contributed by atoms with Crippen LogP contribution in [-0.2, 0) is 4.79 Å². The van der Waals surface area contributed by atoms with Crippen LogP contribution >= 0.6 is 0 Å². The van der Waals surface area contributed by atoms with E-state index in [4.69, 9.17) is 5.73 Å². The molecule has 0 radical (unpaired) electrons. The number of hydrogen-bond acceptors (Lipinski definition) is 6.